The largest absolute Gasteiger partial charge is 0.494 e. The van der Waals surface area contributed by atoms with Crippen LogP contribution in [0.5, 0.6) is 5.75 Å². The van der Waals surface area contributed by atoms with E-state index >= 15 is 0 Å². The highest BCUT2D eigenvalue weighted by atomic mass is 32.1. The molecule has 0 spiro atoms. The van der Waals surface area contributed by atoms with Crippen molar-refractivity contribution < 1.29 is 9.53 Å². The zero-order chi connectivity index (χ0) is 15.8. The van der Waals surface area contributed by atoms with E-state index in [1.54, 1.807) is 24.4 Å². The Morgan fingerprint density at radius 1 is 1.45 bits per heavy atom. The van der Waals surface area contributed by atoms with Gasteiger partial charge >= 0.3 is 0 Å². The molecule has 2 aromatic rings. The van der Waals surface area contributed by atoms with Crippen molar-refractivity contribution in [2.24, 2.45) is 0 Å². The van der Waals surface area contributed by atoms with Crippen LogP contribution in [-0.4, -0.2) is 22.6 Å². The molecule has 0 bridgehead atoms. The van der Waals surface area contributed by atoms with Crippen LogP contribution in [0.15, 0.2) is 35.8 Å². The van der Waals surface area contributed by atoms with Crippen LogP contribution in [0.25, 0.3) is 0 Å². The monoisotopic (exact) mass is 335 g/mol. The number of hydrogen-bond donors (Lipinski definition) is 2. The molecule has 0 radical (unpaired) electrons. The summed E-state index contributed by atoms with van der Waals surface area (Å²) in [6.07, 6.45) is 3.71. The summed E-state index contributed by atoms with van der Waals surface area (Å²) >= 11 is 6.50. The minimum Gasteiger partial charge on any atom is -0.494 e. The van der Waals surface area contributed by atoms with Crippen LogP contribution in [0.3, 0.4) is 0 Å². The minimum absolute atomic E-state index is 0.220. The molecule has 0 atom stereocenters. The Bertz CT molecular complexity index is 629. The maximum atomic E-state index is 12.2. The quantitative estimate of drug-likeness (QED) is 0.625. The third-order valence-electron chi connectivity index (χ3n) is 2.74. The van der Waals surface area contributed by atoms with E-state index in [0.29, 0.717) is 23.1 Å². The average molecular weight is 335 g/mol. The zero-order valence-corrected chi connectivity index (χ0v) is 13.8. The van der Waals surface area contributed by atoms with E-state index in [2.05, 4.69) is 22.5 Å². The molecule has 1 aromatic carbocycles. The lowest BCUT2D eigenvalue weighted by atomic mass is 10.2. The van der Waals surface area contributed by atoms with Gasteiger partial charge in [-0.05, 0) is 36.8 Å². The molecule has 0 saturated carbocycles. The molecule has 1 amide bonds. The number of ether oxygens (including phenoxy) is 1. The summed E-state index contributed by atoms with van der Waals surface area (Å²) in [5, 5.41) is 8.16. The fourth-order valence-electron chi connectivity index (χ4n) is 1.65. The molecule has 1 heterocycles. The second-order valence-corrected chi connectivity index (χ2v) is 5.78. The van der Waals surface area contributed by atoms with Gasteiger partial charge < -0.3 is 10.1 Å². The number of nitrogens with one attached hydrogen (secondary N) is 2. The number of anilines is 1. The number of carbonyl (C=O) groups is 1. The molecule has 1 aromatic heterocycles. The lowest BCUT2D eigenvalue weighted by molar-refractivity contribution is 0.0977. The summed E-state index contributed by atoms with van der Waals surface area (Å²) in [5.41, 5.74) is 0.497. The Hall–Kier alpha value is -1.99. The fourth-order valence-corrected chi connectivity index (χ4v) is 2.44. The SMILES string of the molecule is CCCCOc1cccc(C(=O)NC(=S)Nc2nccs2)c1. The molecule has 5 nitrogen and oxygen atoms in total. The summed E-state index contributed by atoms with van der Waals surface area (Å²) in [6, 6.07) is 7.04. The summed E-state index contributed by atoms with van der Waals surface area (Å²) in [5.74, 6) is 0.398. The molecule has 2 N–H and O–H groups in total. The van der Waals surface area contributed by atoms with Crippen LogP contribution >= 0.6 is 23.6 Å². The highest BCUT2D eigenvalue weighted by molar-refractivity contribution is 7.80. The van der Waals surface area contributed by atoms with Crippen molar-refractivity contribution in [1.82, 2.24) is 10.3 Å². The number of hydrogen-bond acceptors (Lipinski definition) is 5. The van der Waals surface area contributed by atoms with E-state index < -0.39 is 0 Å². The fraction of sp³-hybridized carbons (Fsp3) is 0.267. The number of carbonyl (C=O) groups excluding carboxylic acids is 1. The third kappa shape index (κ3) is 5.09. The van der Waals surface area contributed by atoms with Crippen LogP contribution in [0, 0.1) is 0 Å². The number of nitrogens with zero attached hydrogens (tertiary/aromatic N) is 1. The Labute approximate surface area is 138 Å². The topological polar surface area (TPSA) is 63.2 Å². The Morgan fingerprint density at radius 2 is 2.32 bits per heavy atom. The van der Waals surface area contributed by atoms with Gasteiger partial charge in [-0.25, -0.2) is 4.98 Å². The summed E-state index contributed by atoms with van der Waals surface area (Å²) < 4.78 is 5.59. The van der Waals surface area contributed by atoms with Gasteiger partial charge in [-0.3, -0.25) is 10.1 Å². The van der Waals surface area contributed by atoms with E-state index in [0.717, 1.165) is 12.8 Å². The number of benzene rings is 1. The maximum absolute atomic E-state index is 12.2. The first kappa shape index (κ1) is 16.4. The number of aromatic nitrogens is 1. The van der Waals surface area contributed by atoms with Crippen LogP contribution < -0.4 is 15.4 Å². The predicted octanol–water partition coefficient (Wildman–Crippen LogP) is 3.45. The minimum atomic E-state index is -0.282. The van der Waals surface area contributed by atoms with Gasteiger partial charge in [-0.15, -0.1) is 11.3 Å². The highest BCUT2D eigenvalue weighted by Gasteiger charge is 2.09. The lowest BCUT2D eigenvalue weighted by Crippen LogP contribution is -2.34. The Morgan fingerprint density at radius 3 is 3.05 bits per heavy atom. The maximum Gasteiger partial charge on any atom is 0.257 e. The van der Waals surface area contributed by atoms with Crippen molar-refractivity contribution in [3.05, 3.63) is 41.4 Å². The van der Waals surface area contributed by atoms with Crippen molar-refractivity contribution in [2.75, 3.05) is 11.9 Å². The van der Waals surface area contributed by atoms with Gasteiger partial charge in [0, 0.05) is 17.1 Å². The normalized spacial score (nSPS) is 10.0. The van der Waals surface area contributed by atoms with Crippen molar-refractivity contribution in [3.8, 4) is 5.75 Å². The molecule has 0 saturated heterocycles. The number of thiazole rings is 1. The first-order chi connectivity index (χ1) is 10.7. The van der Waals surface area contributed by atoms with Crippen LogP contribution in [0.2, 0.25) is 0 Å². The molecule has 0 fully saturated rings. The summed E-state index contributed by atoms with van der Waals surface area (Å²) in [4.78, 5) is 16.2. The molecule has 0 aliphatic heterocycles. The summed E-state index contributed by atoms with van der Waals surface area (Å²) in [7, 11) is 0. The van der Waals surface area contributed by atoms with Crippen molar-refractivity contribution in [3.63, 3.8) is 0 Å². The van der Waals surface area contributed by atoms with Crippen molar-refractivity contribution >= 4 is 39.7 Å². The van der Waals surface area contributed by atoms with E-state index in [1.165, 1.54) is 11.3 Å². The Balaban J connectivity index is 1.91. The van der Waals surface area contributed by atoms with Crippen LogP contribution in [0.1, 0.15) is 30.1 Å². The predicted molar refractivity (Wildman–Crippen MR) is 92.6 cm³/mol. The summed E-state index contributed by atoms with van der Waals surface area (Å²) in [6.45, 7) is 2.75. The highest BCUT2D eigenvalue weighted by Crippen LogP contribution is 2.14. The van der Waals surface area contributed by atoms with Crippen LogP contribution in [0.4, 0.5) is 5.13 Å². The molecular weight excluding hydrogens is 318 g/mol. The number of amides is 1. The first-order valence-electron chi connectivity index (χ1n) is 6.93. The van der Waals surface area contributed by atoms with Gasteiger partial charge in [-0.2, -0.15) is 0 Å². The molecule has 22 heavy (non-hydrogen) atoms. The van der Waals surface area contributed by atoms with Gasteiger partial charge in [0.05, 0.1) is 6.61 Å². The van der Waals surface area contributed by atoms with Crippen LogP contribution in [-0.2, 0) is 0 Å². The zero-order valence-electron chi connectivity index (χ0n) is 12.2. The van der Waals surface area contributed by atoms with E-state index in [1.807, 2.05) is 11.4 Å². The Kier molecular flexibility index (Phi) is 6.29. The second kappa shape index (κ2) is 8.45. The third-order valence-corrected chi connectivity index (χ3v) is 3.64. The van der Waals surface area contributed by atoms with Crippen molar-refractivity contribution in [2.45, 2.75) is 19.8 Å². The molecule has 116 valence electrons. The van der Waals surface area contributed by atoms with E-state index in [4.69, 9.17) is 17.0 Å². The molecule has 0 aliphatic rings. The second-order valence-electron chi connectivity index (χ2n) is 4.48. The molecule has 0 aliphatic carbocycles. The molecule has 7 heteroatoms. The molecule has 0 unspecified atom stereocenters. The standard InChI is InChI=1S/C15H17N3O2S2/c1-2-3-8-20-12-6-4-5-11(10-12)13(19)17-14(21)18-15-16-7-9-22-15/h4-7,9-10H,2-3,8H2,1H3,(H2,16,17,18,19,21). The van der Waals surface area contributed by atoms with Gasteiger partial charge in [0.25, 0.3) is 5.91 Å². The molecular formula is C15H17N3O2S2. The van der Waals surface area contributed by atoms with Gasteiger partial charge in [0.15, 0.2) is 10.2 Å². The number of rotatable bonds is 6. The average Bonchev–Trinajstić information content (AvgIpc) is 3.00. The van der Waals surface area contributed by atoms with E-state index in [9.17, 15) is 4.79 Å². The first-order valence-corrected chi connectivity index (χ1v) is 8.22. The van der Waals surface area contributed by atoms with Gasteiger partial charge in [0.2, 0.25) is 0 Å². The lowest BCUT2D eigenvalue weighted by Gasteiger charge is -2.09. The molecule has 2 rings (SSSR count). The van der Waals surface area contributed by atoms with E-state index in [-0.39, 0.29) is 11.0 Å². The van der Waals surface area contributed by atoms with Crippen molar-refractivity contribution in [1.29, 1.82) is 0 Å². The number of thiocarbonyl (C=S) groups is 1. The number of unbranched alkanes of at least 4 members (excludes halogenated alkanes) is 1. The van der Waals surface area contributed by atoms with Gasteiger partial charge in [-0.1, -0.05) is 19.4 Å². The smallest absolute Gasteiger partial charge is 0.257 e. The van der Waals surface area contributed by atoms with Gasteiger partial charge in [0.1, 0.15) is 5.75 Å².